The van der Waals surface area contributed by atoms with Gasteiger partial charge in [0.2, 0.25) is 0 Å². The standard InChI is InChI=1S/C17H14F3N3O4S/c1-10-13(21-7-6-14(10)27-9-16(18,19)20)8-28(26)17(15(24)25)22-11-4-2-3-5-12(11)23-17/h2-7H,8-9H2,1H3,(H,24,25). The van der Waals surface area contributed by atoms with Crippen LogP contribution in [0.15, 0.2) is 46.5 Å². The number of pyridine rings is 1. The van der Waals surface area contributed by atoms with Gasteiger partial charge in [-0.15, -0.1) is 0 Å². The summed E-state index contributed by atoms with van der Waals surface area (Å²) in [6, 6.07) is 7.64. The third kappa shape index (κ3) is 3.88. The molecule has 11 heteroatoms. The van der Waals surface area contributed by atoms with Gasteiger partial charge < -0.3 is 9.84 Å². The highest BCUT2D eigenvalue weighted by Gasteiger charge is 2.47. The highest BCUT2D eigenvalue weighted by Crippen LogP contribution is 2.27. The third-order valence-corrected chi connectivity index (χ3v) is 5.47. The number of alkyl halides is 3. The molecule has 1 aromatic carbocycles. The number of hydrogen-bond acceptors (Lipinski definition) is 6. The minimum absolute atomic E-state index is 0.0766. The Morgan fingerprint density at radius 3 is 2.36 bits per heavy atom. The molecule has 0 fully saturated rings. The molecule has 0 saturated heterocycles. The smallest absolute Gasteiger partial charge is 0.422 e. The lowest BCUT2D eigenvalue weighted by Gasteiger charge is -2.18. The number of halogens is 3. The summed E-state index contributed by atoms with van der Waals surface area (Å²) >= 11 is 0. The number of benzene rings is 1. The second-order valence-electron chi connectivity index (χ2n) is 5.90. The maximum absolute atomic E-state index is 12.9. The van der Waals surface area contributed by atoms with Crippen molar-refractivity contribution in [2.45, 2.75) is 23.8 Å². The lowest BCUT2D eigenvalue weighted by Crippen LogP contribution is -2.39. The van der Waals surface area contributed by atoms with E-state index in [9.17, 15) is 27.3 Å². The first kappa shape index (κ1) is 19.9. The highest BCUT2D eigenvalue weighted by molar-refractivity contribution is 7.86. The van der Waals surface area contributed by atoms with Gasteiger partial charge in [-0.2, -0.15) is 13.2 Å². The molecule has 1 aliphatic heterocycles. The van der Waals surface area contributed by atoms with E-state index in [0.29, 0.717) is 10.7 Å². The molecular weight excluding hydrogens is 399 g/mol. The van der Waals surface area contributed by atoms with Gasteiger partial charge in [-0.3, -0.25) is 9.19 Å². The Morgan fingerprint density at radius 2 is 1.82 bits per heavy atom. The number of ether oxygens (including phenoxy) is 1. The van der Waals surface area contributed by atoms with Crippen molar-refractivity contribution in [3.63, 3.8) is 0 Å². The molecule has 3 rings (SSSR count). The molecule has 1 aliphatic rings. The molecule has 0 aliphatic carbocycles. The molecule has 28 heavy (non-hydrogen) atoms. The summed E-state index contributed by atoms with van der Waals surface area (Å²) in [5.41, 5.74) is 0.371. The monoisotopic (exact) mass is 413 g/mol. The summed E-state index contributed by atoms with van der Waals surface area (Å²) in [6.07, 6.45) is -3.31. The fraction of sp³-hybridized carbons (Fsp3) is 0.294. The van der Waals surface area contributed by atoms with Crippen LogP contribution in [0.2, 0.25) is 0 Å². The average Bonchev–Trinajstić information content (AvgIpc) is 3.03. The predicted molar refractivity (Wildman–Crippen MR) is 91.5 cm³/mol. The number of aromatic nitrogens is 1. The van der Waals surface area contributed by atoms with Crippen molar-refractivity contribution in [2.75, 3.05) is 6.61 Å². The summed E-state index contributed by atoms with van der Waals surface area (Å²) in [4.78, 5) is 21.7. The molecule has 1 unspecified atom stereocenters. The van der Waals surface area contributed by atoms with E-state index in [1.54, 1.807) is 24.3 Å². The van der Waals surface area contributed by atoms with Gasteiger partial charge in [-0.1, -0.05) is 12.1 Å². The first-order valence-corrected chi connectivity index (χ1v) is 9.25. The quantitative estimate of drug-likeness (QED) is 0.769. The lowest BCUT2D eigenvalue weighted by molar-refractivity contribution is -0.153. The molecule has 7 nitrogen and oxygen atoms in total. The number of rotatable bonds is 6. The predicted octanol–water partition coefficient (Wildman–Crippen LogP) is 1.27. The van der Waals surface area contributed by atoms with Crippen molar-refractivity contribution in [3.05, 3.63) is 58.5 Å². The van der Waals surface area contributed by atoms with E-state index < -0.39 is 34.5 Å². The van der Waals surface area contributed by atoms with Crippen LogP contribution in [0.1, 0.15) is 11.3 Å². The Balaban J connectivity index is 1.90. The van der Waals surface area contributed by atoms with Crippen LogP contribution in [0.3, 0.4) is 0 Å². The zero-order chi connectivity index (χ0) is 20.5. The van der Waals surface area contributed by atoms with E-state index in [-0.39, 0.29) is 22.8 Å². The maximum Gasteiger partial charge on any atom is 0.422 e. The number of nitrogens with zero attached hydrogens (tertiary/aromatic N) is 3. The van der Waals surface area contributed by atoms with E-state index in [1.165, 1.54) is 19.2 Å². The number of carbonyl (C=O) groups is 1. The molecule has 1 atom stereocenters. The molecule has 0 bridgehead atoms. The Kier molecular flexibility index (Phi) is 5.20. The fourth-order valence-corrected chi connectivity index (χ4v) is 3.88. The first-order valence-electron chi connectivity index (χ1n) is 7.93. The molecular formula is C17H14F3N3O4S. The first-order chi connectivity index (χ1) is 13.1. The van der Waals surface area contributed by atoms with Crippen LogP contribution in [0.5, 0.6) is 5.75 Å². The number of aliphatic carboxylic acids is 1. The van der Waals surface area contributed by atoms with E-state index >= 15 is 0 Å². The minimum Gasteiger partial charge on any atom is -0.484 e. The van der Waals surface area contributed by atoms with Crippen molar-refractivity contribution >= 4 is 16.8 Å². The second-order valence-corrected chi connectivity index (χ2v) is 7.45. The molecule has 1 N–H and O–H groups in total. The fourth-order valence-electron chi connectivity index (χ4n) is 2.54. The Morgan fingerprint density at radius 1 is 1.21 bits per heavy atom. The van der Waals surface area contributed by atoms with E-state index in [0.717, 1.165) is 0 Å². The summed E-state index contributed by atoms with van der Waals surface area (Å²) in [6.45, 7) is -0.0320. The molecule has 148 valence electrons. The molecule has 0 amide bonds. The van der Waals surface area contributed by atoms with Crippen LogP contribution in [0, 0.1) is 6.92 Å². The molecule has 1 aromatic heterocycles. The number of fused-ring (bicyclic) bond motifs is 1. The second kappa shape index (κ2) is 7.30. The largest absolute Gasteiger partial charge is 0.484 e. The summed E-state index contributed by atoms with van der Waals surface area (Å²) in [7, 11) is -2.17. The topological polar surface area (TPSA) is 101 Å². The average molecular weight is 413 g/mol. The summed E-state index contributed by atoms with van der Waals surface area (Å²) in [5.74, 6) is -1.95. The highest BCUT2D eigenvalue weighted by atomic mass is 32.2. The SMILES string of the molecule is Cc1c(OCC(F)(F)F)ccnc1CS(=O)C1(C(=O)O)N=c2ccccc2=N1. The zero-order valence-electron chi connectivity index (χ0n) is 14.4. The van der Waals surface area contributed by atoms with Crippen LogP contribution in [0.4, 0.5) is 13.2 Å². The van der Waals surface area contributed by atoms with Gasteiger partial charge in [-0.25, -0.2) is 14.8 Å². The van der Waals surface area contributed by atoms with Gasteiger partial charge in [-0.05, 0) is 25.1 Å². The normalized spacial score (nSPS) is 15.9. The van der Waals surface area contributed by atoms with Gasteiger partial charge in [0.15, 0.2) is 6.61 Å². The molecule has 0 saturated carbocycles. The third-order valence-electron chi connectivity index (χ3n) is 3.94. The van der Waals surface area contributed by atoms with Crippen molar-refractivity contribution in [3.8, 4) is 5.75 Å². The van der Waals surface area contributed by atoms with Crippen LogP contribution in [-0.4, -0.2) is 38.0 Å². The number of hydrogen-bond donors (Lipinski definition) is 1. The van der Waals surface area contributed by atoms with Crippen molar-refractivity contribution in [2.24, 2.45) is 9.98 Å². The summed E-state index contributed by atoms with van der Waals surface area (Å²) < 4.78 is 54.8. The van der Waals surface area contributed by atoms with Crippen LogP contribution >= 0.6 is 0 Å². The van der Waals surface area contributed by atoms with Gasteiger partial charge in [0.1, 0.15) is 5.75 Å². The Hall–Kier alpha value is -2.82. The summed E-state index contributed by atoms with van der Waals surface area (Å²) in [5, 5.41) is 10.2. The zero-order valence-corrected chi connectivity index (χ0v) is 15.3. The van der Waals surface area contributed by atoms with Crippen molar-refractivity contribution in [1.29, 1.82) is 0 Å². The number of carboxylic acid groups (broad SMARTS) is 1. The van der Waals surface area contributed by atoms with Crippen molar-refractivity contribution < 1.29 is 32.0 Å². The minimum atomic E-state index is -4.51. The van der Waals surface area contributed by atoms with Crippen LogP contribution in [-0.2, 0) is 21.3 Å². The molecule has 0 radical (unpaired) electrons. The molecule has 0 spiro atoms. The number of para-hydroxylation sites is 2. The lowest BCUT2D eigenvalue weighted by atomic mass is 10.2. The van der Waals surface area contributed by atoms with Crippen LogP contribution < -0.4 is 15.5 Å². The van der Waals surface area contributed by atoms with Gasteiger partial charge in [0.05, 0.1) is 33.0 Å². The van der Waals surface area contributed by atoms with Gasteiger partial charge in [0, 0.05) is 11.8 Å². The number of carboxylic acids is 1. The van der Waals surface area contributed by atoms with Crippen molar-refractivity contribution in [1.82, 2.24) is 4.98 Å². The van der Waals surface area contributed by atoms with Gasteiger partial charge >= 0.3 is 17.1 Å². The molecule has 2 heterocycles. The van der Waals surface area contributed by atoms with Crippen LogP contribution in [0.25, 0.3) is 0 Å². The molecule has 2 aromatic rings. The van der Waals surface area contributed by atoms with E-state index in [2.05, 4.69) is 15.0 Å². The van der Waals surface area contributed by atoms with E-state index in [1.807, 2.05) is 0 Å². The van der Waals surface area contributed by atoms with Gasteiger partial charge in [0.25, 0.3) is 0 Å². The maximum atomic E-state index is 12.9. The van der Waals surface area contributed by atoms with E-state index in [4.69, 9.17) is 4.74 Å². The Bertz CT molecular complexity index is 1040. The Labute approximate surface area is 159 Å².